The van der Waals surface area contributed by atoms with Gasteiger partial charge in [0.25, 0.3) is 0 Å². The van der Waals surface area contributed by atoms with Crippen LogP contribution in [0.25, 0.3) is 0 Å². The Hall–Kier alpha value is -2.44. The molecule has 0 bridgehead atoms. The summed E-state index contributed by atoms with van der Waals surface area (Å²) in [7, 11) is 0. The van der Waals surface area contributed by atoms with Gasteiger partial charge < -0.3 is 15.8 Å². The van der Waals surface area contributed by atoms with Gasteiger partial charge >= 0.3 is 6.01 Å². The van der Waals surface area contributed by atoms with Gasteiger partial charge in [0.15, 0.2) is 0 Å². The van der Waals surface area contributed by atoms with Crippen LogP contribution in [0.2, 0.25) is 0 Å². The third-order valence-corrected chi connectivity index (χ3v) is 2.49. The second kappa shape index (κ2) is 6.65. The molecule has 0 aliphatic rings. The molecule has 20 heavy (non-hydrogen) atoms. The van der Waals surface area contributed by atoms with Crippen LogP contribution in [0.1, 0.15) is 24.6 Å². The number of aryl methyl sites for hydroxylation is 1. The largest absolute Gasteiger partial charge is 0.463 e. The van der Waals surface area contributed by atoms with Gasteiger partial charge in [0.05, 0.1) is 6.61 Å². The summed E-state index contributed by atoms with van der Waals surface area (Å²) in [4.78, 5) is 16.3. The number of rotatable bonds is 6. The molecule has 7 heteroatoms. The molecular formula is C13H18N6O. The van der Waals surface area contributed by atoms with Crippen molar-refractivity contribution in [3.05, 3.63) is 29.6 Å². The highest BCUT2D eigenvalue weighted by atomic mass is 16.5. The van der Waals surface area contributed by atoms with Gasteiger partial charge in [0.2, 0.25) is 11.9 Å². The lowest BCUT2D eigenvalue weighted by Gasteiger charge is -2.07. The summed E-state index contributed by atoms with van der Waals surface area (Å²) in [5.74, 6) is 0.528. The first-order chi connectivity index (χ1) is 9.67. The summed E-state index contributed by atoms with van der Waals surface area (Å²) >= 11 is 0. The van der Waals surface area contributed by atoms with E-state index >= 15 is 0 Å². The molecule has 2 heterocycles. The van der Waals surface area contributed by atoms with Crippen LogP contribution in [-0.4, -0.2) is 26.5 Å². The molecule has 2 rings (SSSR count). The van der Waals surface area contributed by atoms with E-state index < -0.39 is 0 Å². The Balaban J connectivity index is 2.01. The molecule has 0 aliphatic carbocycles. The van der Waals surface area contributed by atoms with Gasteiger partial charge in [-0.25, -0.2) is 0 Å². The Bertz CT molecular complexity index is 557. The van der Waals surface area contributed by atoms with Gasteiger partial charge in [0, 0.05) is 18.4 Å². The molecule has 0 spiro atoms. The van der Waals surface area contributed by atoms with Crippen molar-refractivity contribution in [2.75, 3.05) is 17.7 Å². The Kier molecular flexibility index (Phi) is 4.65. The molecule has 0 saturated carbocycles. The second-order valence-electron chi connectivity index (χ2n) is 4.31. The fourth-order valence-corrected chi connectivity index (χ4v) is 1.49. The highest BCUT2D eigenvalue weighted by molar-refractivity contribution is 5.33. The summed E-state index contributed by atoms with van der Waals surface area (Å²) in [6, 6.07) is 4.19. The van der Waals surface area contributed by atoms with E-state index in [0.717, 1.165) is 17.7 Å². The number of anilines is 2. The molecule has 7 nitrogen and oxygen atoms in total. The zero-order valence-corrected chi connectivity index (χ0v) is 11.6. The SMILES string of the molecule is CCCOc1nc(N)nc(NCc2ccc(C)nc2)n1. The molecule has 2 aromatic heterocycles. The average Bonchev–Trinajstić information content (AvgIpc) is 2.44. The fraction of sp³-hybridized carbons (Fsp3) is 0.385. The van der Waals surface area contributed by atoms with Crippen molar-refractivity contribution in [1.29, 1.82) is 0 Å². The zero-order valence-electron chi connectivity index (χ0n) is 11.6. The van der Waals surface area contributed by atoms with Crippen LogP contribution in [0.3, 0.4) is 0 Å². The number of aromatic nitrogens is 4. The lowest BCUT2D eigenvalue weighted by Crippen LogP contribution is -2.09. The van der Waals surface area contributed by atoms with Gasteiger partial charge in [-0.3, -0.25) is 4.98 Å². The lowest BCUT2D eigenvalue weighted by molar-refractivity contribution is 0.292. The lowest BCUT2D eigenvalue weighted by atomic mass is 10.2. The standard InChI is InChI=1S/C13H18N6O/c1-3-6-20-13-18-11(14)17-12(19-13)16-8-10-5-4-9(2)15-7-10/h4-5,7H,3,6,8H2,1-2H3,(H3,14,16,17,18,19). The second-order valence-corrected chi connectivity index (χ2v) is 4.31. The summed E-state index contributed by atoms with van der Waals surface area (Å²) in [6.45, 7) is 5.06. The molecule has 0 unspecified atom stereocenters. The predicted molar refractivity (Wildman–Crippen MR) is 76.3 cm³/mol. The first kappa shape index (κ1) is 14.0. The number of hydrogen-bond acceptors (Lipinski definition) is 7. The summed E-state index contributed by atoms with van der Waals surface area (Å²) in [5.41, 5.74) is 7.64. The first-order valence-electron chi connectivity index (χ1n) is 6.47. The highest BCUT2D eigenvalue weighted by Crippen LogP contribution is 2.10. The van der Waals surface area contributed by atoms with Crippen LogP contribution in [0.15, 0.2) is 18.3 Å². The van der Waals surface area contributed by atoms with Crippen molar-refractivity contribution >= 4 is 11.9 Å². The van der Waals surface area contributed by atoms with Crippen molar-refractivity contribution < 1.29 is 4.74 Å². The fourth-order valence-electron chi connectivity index (χ4n) is 1.49. The van der Waals surface area contributed by atoms with Gasteiger partial charge in [-0.1, -0.05) is 13.0 Å². The monoisotopic (exact) mass is 274 g/mol. The Morgan fingerprint density at radius 2 is 2.10 bits per heavy atom. The molecule has 0 fully saturated rings. The van der Waals surface area contributed by atoms with E-state index in [1.54, 1.807) is 6.20 Å². The van der Waals surface area contributed by atoms with E-state index in [-0.39, 0.29) is 12.0 Å². The van der Waals surface area contributed by atoms with Crippen molar-refractivity contribution in [3.63, 3.8) is 0 Å². The topological polar surface area (TPSA) is 98.8 Å². The number of nitrogens with one attached hydrogen (secondary N) is 1. The van der Waals surface area contributed by atoms with E-state index in [1.807, 2.05) is 26.0 Å². The molecule has 2 aromatic rings. The van der Waals surface area contributed by atoms with E-state index in [1.165, 1.54) is 0 Å². The van der Waals surface area contributed by atoms with Crippen molar-refractivity contribution in [2.45, 2.75) is 26.8 Å². The summed E-state index contributed by atoms with van der Waals surface area (Å²) < 4.78 is 5.35. The molecule has 0 atom stereocenters. The van der Waals surface area contributed by atoms with E-state index in [4.69, 9.17) is 10.5 Å². The van der Waals surface area contributed by atoms with E-state index in [0.29, 0.717) is 19.1 Å². The number of pyridine rings is 1. The zero-order chi connectivity index (χ0) is 14.4. The molecule has 0 aliphatic heterocycles. The van der Waals surface area contributed by atoms with Gasteiger partial charge in [-0.05, 0) is 25.0 Å². The van der Waals surface area contributed by atoms with Crippen LogP contribution in [0.5, 0.6) is 6.01 Å². The van der Waals surface area contributed by atoms with Crippen LogP contribution in [0, 0.1) is 6.92 Å². The maximum atomic E-state index is 5.63. The minimum absolute atomic E-state index is 0.135. The summed E-state index contributed by atoms with van der Waals surface area (Å²) in [5, 5.41) is 3.08. The minimum atomic E-state index is 0.135. The minimum Gasteiger partial charge on any atom is -0.463 e. The molecule has 0 amide bonds. The Morgan fingerprint density at radius 1 is 1.25 bits per heavy atom. The molecule has 106 valence electrons. The van der Waals surface area contributed by atoms with E-state index in [9.17, 15) is 0 Å². The van der Waals surface area contributed by atoms with Crippen molar-refractivity contribution in [2.24, 2.45) is 0 Å². The smallest absolute Gasteiger partial charge is 0.323 e. The summed E-state index contributed by atoms with van der Waals surface area (Å²) in [6.07, 6.45) is 2.69. The molecule has 0 saturated heterocycles. The maximum absolute atomic E-state index is 5.63. The average molecular weight is 274 g/mol. The highest BCUT2D eigenvalue weighted by Gasteiger charge is 2.05. The normalized spacial score (nSPS) is 10.3. The number of nitrogens with two attached hydrogens (primary N) is 1. The van der Waals surface area contributed by atoms with Crippen molar-refractivity contribution in [1.82, 2.24) is 19.9 Å². The first-order valence-corrected chi connectivity index (χ1v) is 6.47. The molecular weight excluding hydrogens is 256 g/mol. The van der Waals surface area contributed by atoms with Gasteiger partial charge in [-0.15, -0.1) is 0 Å². The van der Waals surface area contributed by atoms with Crippen LogP contribution >= 0.6 is 0 Å². The van der Waals surface area contributed by atoms with Gasteiger partial charge in [0.1, 0.15) is 0 Å². The molecule has 3 N–H and O–H groups in total. The molecule has 0 aromatic carbocycles. The number of nitrogen functional groups attached to an aromatic ring is 1. The van der Waals surface area contributed by atoms with Gasteiger partial charge in [-0.2, -0.15) is 15.0 Å². The Labute approximate surface area is 117 Å². The number of nitrogens with zero attached hydrogens (tertiary/aromatic N) is 4. The third kappa shape index (κ3) is 4.04. The van der Waals surface area contributed by atoms with Crippen LogP contribution in [-0.2, 0) is 6.54 Å². The quantitative estimate of drug-likeness (QED) is 0.824. The maximum Gasteiger partial charge on any atom is 0.323 e. The number of hydrogen-bond donors (Lipinski definition) is 2. The predicted octanol–water partition coefficient (Wildman–Crippen LogP) is 1.56. The Morgan fingerprint density at radius 3 is 2.80 bits per heavy atom. The molecule has 0 radical (unpaired) electrons. The van der Waals surface area contributed by atoms with Crippen LogP contribution in [0.4, 0.5) is 11.9 Å². The van der Waals surface area contributed by atoms with E-state index in [2.05, 4.69) is 25.3 Å². The van der Waals surface area contributed by atoms with Crippen LogP contribution < -0.4 is 15.8 Å². The number of ether oxygens (including phenoxy) is 1. The van der Waals surface area contributed by atoms with Crippen molar-refractivity contribution in [3.8, 4) is 6.01 Å². The third-order valence-electron chi connectivity index (χ3n) is 2.49.